The molecule has 1 saturated carbocycles. The van der Waals surface area contributed by atoms with Crippen molar-refractivity contribution in [3.63, 3.8) is 0 Å². The van der Waals surface area contributed by atoms with E-state index in [4.69, 9.17) is 10.5 Å². The molecule has 0 spiro atoms. The van der Waals surface area contributed by atoms with E-state index < -0.39 is 10.0 Å². The Morgan fingerprint density at radius 3 is 2.48 bits per heavy atom. The highest BCUT2D eigenvalue weighted by atomic mass is 32.2. The van der Waals surface area contributed by atoms with Crippen molar-refractivity contribution in [3.8, 4) is 0 Å². The molecule has 2 heterocycles. The fraction of sp³-hybridized carbons (Fsp3) is 0.667. The normalized spacial score (nSPS) is 26.2. The molecule has 0 aromatic carbocycles. The van der Waals surface area contributed by atoms with E-state index in [-0.39, 0.29) is 17.0 Å². The Bertz CT molecular complexity index is 606. The molecule has 0 amide bonds. The van der Waals surface area contributed by atoms with Crippen LogP contribution in [0, 0.1) is 0 Å². The molecule has 1 aliphatic heterocycles. The fourth-order valence-corrected chi connectivity index (χ4v) is 4.28. The molecule has 128 valence electrons. The predicted molar refractivity (Wildman–Crippen MR) is 87.8 cm³/mol. The first-order chi connectivity index (χ1) is 11.0. The van der Waals surface area contributed by atoms with Crippen LogP contribution in [0.2, 0.25) is 0 Å². The number of aromatic nitrogens is 1. The maximum absolute atomic E-state index is 12.5. The molecule has 3 rings (SSSR count). The second-order valence-corrected chi connectivity index (χ2v) is 7.90. The summed E-state index contributed by atoms with van der Waals surface area (Å²) in [6.45, 7) is 2.90. The molecule has 1 aromatic rings. The van der Waals surface area contributed by atoms with Gasteiger partial charge in [0.25, 0.3) is 0 Å². The minimum absolute atomic E-state index is 0.0290. The molecule has 1 aromatic heterocycles. The van der Waals surface area contributed by atoms with Gasteiger partial charge < -0.3 is 15.4 Å². The summed E-state index contributed by atoms with van der Waals surface area (Å²) in [5, 5.41) is 0. The summed E-state index contributed by atoms with van der Waals surface area (Å²) in [5.41, 5.74) is 5.86. The number of nitrogens with two attached hydrogens (primary N) is 1. The zero-order valence-electron chi connectivity index (χ0n) is 13.1. The Balaban J connectivity index is 1.65. The molecule has 3 N–H and O–H groups in total. The Morgan fingerprint density at radius 1 is 1.17 bits per heavy atom. The topological polar surface area (TPSA) is 97.5 Å². The third-order valence-electron chi connectivity index (χ3n) is 4.46. The number of rotatable bonds is 4. The Labute approximate surface area is 137 Å². The molecule has 0 bridgehead atoms. The first kappa shape index (κ1) is 16.6. The van der Waals surface area contributed by atoms with Gasteiger partial charge in [-0.3, -0.25) is 0 Å². The van der Waals surface area contributed by atoms with Gasteiger partial charge in [-0.1, -0.05) is 0 Å². The van der Waals surface area contributed by atoms with Crippen LogP contribution in [0.15, 0.2) is 23.2 Å². The van der Waals surface area contributed by atoms with Gasteiger partial charge in [-0.2, -0.15) is 0 Å². The summed E-state index contributed by atoms with van der Waals surface area (Å²) in [5.74, 6) is 0.788. The van der Waals surface area contributed by atoms with E-state index in [9.17, 15) is 8.42 Å². The molecule has 1 aliphatic carbocycles. The second kappa shape index (κ2) is 7.12. The summed E-state index contributed by atoms with van der Waals surface area (Å²) in [6.07, 6.45) is 4.74. The van der Waals surface area contributed by atoms with Crippen LogP contribution in [0.1, 0.15) is 25.7 Å². The van der Waals surface area contributed by atoms with Gasteiger partial charge in [0.15, 0.2) is 0 Å². The highest BCUT2D eigenvalue weighted by molar-refractivity contribution is 7.89. The Hall–Kier alpha value is -1.22. The monoisotopic (exact) mass is 340 g/mol. The minimum Gasteiger partial charge on any atom is -0.378 e. The van der Waals surface area contributed by atoms with E-state index in [0.717, 1.165) is 44.6 Å². The second-order valence-electron chi connectivity index (χ2n) is 6.18. The molecular weight excluding hydrogens is 316 g/mol. The van der Waals surface area contributed by atoms with Gasteiger partial charge in [-0.25, -0.2) is 18.1 Å². The number of ether oxygens (including phenoxy) is 1. The first-order valence-electron chi connectivity index (χ1n) is 8.11. The van der Waals surface area contributed by atoms with Crippen molar-refractivity contribution >= 4 is 15.8 Å². The zero-order chi connectivity index (χ0) is 16.3. The van der Waals surface area contributed by atoms with Gasteiger partial charge in [0.05, 0.1) is 13.2 Å². The lowest BCUT2D eigenvalue weighted by atomic mass is 9.93. The molecular formula is C15H24N4O3S. The van der Waals surface area contributed by atoms with Gasteiger partial charge in [0.2, 0.25) is 10.0 Å². The van der Waals surface area contributed by atoms with Crippen LogP contribution in [0.3, 0.4) is 0 Å². The molecule has 2 fully saturated rings. The van der Waals surface area contributed by atoms with Crippen LogP contribution in [0.4, 0.5) is 5.82 Å². The summed E-state index contributed by atoms with van der Waals surface area (Å²) < 4.78 is 33.0. The number of anilines is 1. The van der Waals surface area contributed by atoms with Gasteiger partial charge in [-0.15, -0.1) is 0 Å². The van der Waals surface area contributed by atoms with E-state index in [2.05, 4.69) is 14.6 Å². The number of sulfonamides is 1. The van der Waals surface area contributed by atoms with Crippen LogP contribution in [0.5, 0.6) is 0 Å². The van der Waals surface area contributed by atoms with E-state index in [1.54, 1.807) is 12.1 Å². The van der Waals surface area contributed by atoms with Gasteiger partial charge >= 0.3 is 0 Å². The van der Waals surface area contributed by atoms with E-state index in [1.807, 2.05) is 0 Å². The van der Waals surface area contributed by atoms with E-state index in [0.29, 0.717) is 13.2 Å². The van der Waals surface area contributed by atoms with Crippen molar-refractivity contribution in [2.75, 3.05) is 31.2 Å². The van der Waals surface area contributed by atoms with Crippen LogP contribution < -0.4 is 15.4 Å². The van der Waals surface area contributed by atoms with Crippen molar-refractivity contribution in [1.82, 2.24) is 9.71 Å². The SMILES string of the molecule is NC1CCC(NS(=O)(=O)c2ccc(N3CCOCC3)nc2)CC1. The quantitative estimate of drug-likeness (QED) is 0.827. The number of hydrogen-bond donors (Lipinski definition) is 2. The summed E-state index contributed by atoms with van der Waals surface area (Å²) >= 11 is 0. The number of nitrogens with zero attached hydrogens (tertiary/aromatic N) is 2. The van der Waals surface area contributed by atoms with Crippen molar-refractivity contribution in [1.29, 1.82) is 0 Å². The van der Waals surface area contributed by atoms with Gasteiger partial charge in [-0.05, 0) is 37.8 Å². The molecule has 7 nitrogen and oxygen atoms in total. The highest BCUT2D eigenvalue weighted by Crippen LogP contribution is 2.20. The third kappa shape index (κ3) is 4.20. The van der Waals surface area contributed by atoms with Crippen molar-refractivity contribution < 1.29 is 13.2 Å². The summed E-state index contributed by atoms with van der Waals surface area (Å²) in [4.78, 5) is 6.61. The molecule has 23 heavy (non-hydrogen) atoms. The van der Waals surface area contributed by atoms with Crippen molar-refractivity contribution in [3.05, 3.63) is 18.3 Å². The Morgan fingerprint density at radius 2 is 1.87 bits per heavy atom. The minimum atomic E-state index is -3.52. The highest BCUT2D eigenvalue weighted by Gasteiger charge is 2.24. The lowest BCUT2D eigenvalue weighted by Crippen LogP contribution is -2.40. The van der Waals surface area contributed by atoms with Crippen LogP contribution in [-0.2, 0) is 14.8 Å². The van der Waals surface area contributed by atoms with Crippen LogP contribution >= 0.6 is 0 Å². The number of morpholine rings is 1. The fourth-order valence-electron chi connectivity index (χ4n) is 3.04. The number of pyridine rings is 1. The molecule has 8 heteroatoms. The lowest BCUT2D eigenvalue weighted by molar-refractivity contribution is 0.122. The smallest absolute Gasteiger partial charge is 0.242 e. The van der Waals surface area contributed by atoms with Crippen molar-refractivity contribution in [2.24, 2.45) is 5.73 Å². The lowest BCUT2D eigenvalue weighted by Gasteiger charge is -2.28. The average molecular weight is 340 g/mol. The summed E-state index contributed by atoms with van der Waals surface area (Å²) in [6, 6.07) is 3.55. The third-order valence-corrected chi connectivity index (χ3v) is 5.97. The van der Waals surface area contributed by atoms with Crippen molar-refractivity contribution in [2.45, 2.75) is 42.7 Å². The predicted octanol–water partition coefficient (Wildman–Crippen LogP) is 0.466. The Kier molecular flexibility index (Phi) is 5.15. The maximum atomic E-state index is 12.5. The first-order valence-corrected chi connectivity index (χ1v) is 9.59. The molecule has 1 saturated heterocycles. The van der Waals surface area contributed by atoms with E-state index in [1.165, 1.54) is 6.20 Å². The molecule has 0 radical (unpaired) electrons. The van der Waals surface area contributed by atoms with Gasteiger partial charge in [0.1, 0.15) is 10.7 Å². The van der Waals surface area contributed by atoms with Crippen LogP contribution in [0.25, 0.3) is 0 Å². The van der Waals surface area contributed by atoms with E-state index >= 15 is 0 Å². The largest absolute Gasteiger partial charge is 0.378 e. The summed E-state index contributed by atoms with van der Waals surface area (Å²) in [7, 11) is -3.52. The number of hydrogen-bond acceptors (Lipinski definition) is 6. The van der Waals surface area contributed by atoms with Gasteiger partial charge in [0, 0.05) is 31.4 Å². The molecule has 0 atom stereocenters. The maximum Gasteiger partial charge on any atom is 0.242 e. The average Bonchev–Trinajstić information content (AvgIpc) is 2.58. The zero-order valence-corrected chi connectivity index (χ0v) is 14.0. The standard InChI is InChI=1S/C15H24N4O3S/c16-12-1-3-13(4-2-12)18-23(20,21)14-5-6-15(17-11-14)19-7-9-22-10-8-19/h5-6,11-13,18H,1-4,7-10,16H2. The van der Waals surface area contributed by atoms with Crippen LogP contribution in [-0.4, -0.2) is 51.8 Å². The molecule has 0 unspecified atom stereocenters. The number of nitrogens with one attached hydrogen (secondary N) is 1. The molecule has 2 aliphatic rings.